The fourth-order valence-corrected chi connectivity index (χ4v) is 1.90. The molecule has 1 fully saturated rings. The van der Waals surface area contributed by atoms with Gasteiger partial charge in [-0.25, -0.2) is 0 Å². The van der Waals surface area contributed by atoms with Crippen LogP contribution in [0.25, 0.3) is 0 Å². The normalized spacial score (nSPS) is 18.8. The zero-order valence-corrected chi connectivity index (χ0v) is 9.78. The first kappa shape index (κ1) is 13.2. The summed E-state index contributed by atoms with van der Waals surface area (Å²) in [6.45, 7) is 2.79. The summed E-state index contributed by atoms with van der Waals surface area (Å²) in [5, 5.41) is 0. The average Bonchev–Trinajstić information content (AvgIpc) is 2.38. The number of nitrogens with zero attached hydrogens (tertiary/aromatic N) is 1. The summed E-state index contributed by atoms with van der Waals surface area (Å²) >= 11 is 0. The minimum absolute atomic E-state index is 0.0829. The van der Waals surface area contributed by atoms with Gasteiger partial charge in [-0.05, 0) is 17.7 Å². The number of benzene rings is 1. The molecule has 1 unspecified atom stereocenters. The van der Waals surface area contributed by atoms with Gasteiger partial charge in [0.2, 0.25) is 0 Å². The average molecular weight is 260 g/mol. The highest BCUT2D eigenvalue weighted by molar-refractivity contribution is 5.48. The second-order valence-corrected chi connectivity index (χ2v) is 4.21. The lowest BCUT2D eigenvalue weighted by molar-refractivity contribution is -0.149. The van der Waals surface area contributed by atoms with Crippen molar-refractivity contribution in [2.75, 3.05) is 31.2 Å². The van der Waals surface area contributed by atoms with Crippen LogP contribution in [-0.2, 0) is 4.74 Å². The van der Waals surface area contributed by atoms with Crippen LogP contribution < -0.4 is 10.6 Å². The summed E-state index contributed by atoms with van der Waals surface area (Å²) in [4.78, 5) is 2.08. The second-order valence-electron chi connectivity index (χ2n) is 4.21. The number of ether oxygens (including phenoxy) is 1. The van der Waals surface area contributed by atoms with E-state index in [0.717, 1.165) is 18.8 Å². The third-order valence-electron chi connectivity index (χ3n) is 2.98. The first-order valence-electron chi connectivity index (χ1n) is 5.73. The molecule has 3 nitrogen and oxygen atoms in total. The summed E-state index contributed by atoms with van der Waals surface area (Å²) in [6.07, 6.45) is -4.40. The molecule has 2 N–H and O–H groups in total. The number of hydrogen-bond donors (Lipinski definition) is 1. The van der Waals surface area contributed by atoms with E-state index in [1.807, 2.05) is 0 Å². The van der Waals surface area contributed by atoms with E-state index < -0.39 is 12.2 Å². The summed E-state index contributed by atoms with van der Waals surface area (Å²) in [7, 11) is 0. The van der Waals surface area contributed by atoms with Crippen molar-refractivity contribution in [3.8, 4) is 0 Å². The Kier molecular flexibility index (Phi) is 3.77. The van der Waals surface area contributed by atoms with Crippen molar-refractivity contribution in [3.63, 3.8) is 0 Å². The van der Waals surface area contributed by atoms with E-state index in [1.54, 1.807) is 12.1 Å². The Labute approximate surface area is 103 Å². The molecule has 1 aromatic carbocycles. The van der Waals surface area contributed by atoms with Gasteiger partial charge in [0.15, 0.2) is 0 Å². The number of anilines is 1. The van der Waals surface area contributed by atoms with E-state index >= 15 is 0 Å². The van der Waals surface area contributed by atoms with Crippen molar-refractivity contribution >= 4 is 5.69 Å². The van der Waals surface area contributed by atoms with Crippen LogP contribution >= 0.6 is 0 Å². The van der Waals surface area contributed by atoms with Crippen molar-refractivity contribution in [1.29, 1.82) is 0 Å². The molecule has 1 aliphatic heterocycles. The van der Waals surface area contributed by atoms with Gasteiger partial charge in [-0.2, -0.15) is 13.2 Å². The van der Waals surface area contributed by atoms with E-state index in [-0.39, 0.29) is 5.56 Å². The highest BCUT2D eigenvalue weighted by Gasteiger charge is 2.37. The van der Waals surface area contributed by atoms with E-state index in [1.165, 1.54) is 12.1 Å². The van der Waals surface area contributed by atoms with E-state index in [0.29, 0.717) is 13.2 Å². The maximum atomic E-state index is 12.4. The molecule has 100 valence electrons. The number of nitrogens with two attached hydrogens (primary N) is 1. The topological polar surface area (TPSA) is 38.5 Å². The van der Waals surface area contributed by atoms with Gasteiger partial charge >= 0.3 is 6.18 Å². The van der Waals surface area contributed by atoms with Crippen LogP contribution in [-0.4, -0.2) is 32.5 Å². The molecule has 1 heterocycles. The Morgan fingerprint density at radius 3 is 2.17 bits per heavy atom. The molecule has 0 saturated carbocycles. The lowest BCUT2D eigenvalue weighted by atomic mass is 10.1. The minimum Gasteiger partial charge on any atom is -0.378 e. The lowest BCUT2D eigenvalue weighted by Gasteiger charge is -2.29. The molecule has 1 saturated heterocycles. The van der Waals surface area contributed by atoms with Crippen molar-refractivity contribution in [3.05, 3.63) is 29.8 Å². The first-order chi connectivity index (χ1) is 8.48. The van der Waals surface area contributed by atoms with Crippen molar-refractivity contribution in [2.45, 2.75) is 12.2 Å². The van der Waals surface area contributed by atoms with Crippen molar-refractivity contribution in [2.24, 2.45) is 5.73 Å². The van der Waals surface area contributed by atoms with Gasteiger partial charge in [-0.1, -0.05) is 12.1 Å². The molecular formula is C12H15F3N2O. The van der Waals surface area contributed by atoms with Crippen LogP contribution in [0.1, 0.15) is 11.6 Å². The standard InChI is InChI=1S/C12H15F3N2O/c13-12(14,15)11(16)9-1-3-10(4-2-9)17-5-7-18-8-6-17/h1-4,11H,5-8,16H2. The maximum absolute atomic E-state index is 12.4. The molecule has 0 aliphatic carbocycles. The Balaban J connectivity index is 2.09. The van der Waals surface area contributed by atoms with Crippen LogP contribution in [0.15, 0.2) is 24.3 Å². The molecule has 18 heavy (non-hydrogen) atoms. The monoisotopic (exact) mass is 260 g/mol. The zero-order chi connectivity index (χ0) is 13.2. The second kappa shape index (κ2) is 5.16. The minimum atomic E-state index is -4.40. The molecule has 0 aromatic heterocycles. The van der Waals surface area contributed by atoms with Crippen LogP contribution in [0, 0.1) is 0 Å². The third-order valence-corrected chi connectivity index (χ3v) is 2.98. The van der Waals surface area contributed by atoms with Gasteiger partial charge in [-0.15, -0.1) is 0 Å². The number of alkyl halides is 3. The molecule has 1 aliphatic rings. The zero-order valence-electron chi connectivity index (χ0n) is 9.78. The fraction of sp³-hybridized carbons (Fsp3) is 0.500. The Bertz CT molecular complexity index is 385. The molecule has 0 bridgehead atoms. The van der Waals surface area contributed by atoms with E-state index in [2.05, 4.69) is 4.90 Å². The van der Waals surface area contributed by atoms with Gasteiger partial charge in [-0.3, -0.25) is 0 Å². The first-order valence-corrected chi connectivity index (χ1v) is 5.73. The number of morpholine rings is 1. The smallest absolute Gasteiger partial charge is 0.378 e. The van der Waals surface area contributed by atoms with E-state index in [4.69, 9.17) is 10.5 Å². The molecule has 0 amide bonds. The number of halogens is 3. The van der Waals surface area contributed by atoms with Crippen molar-refractivity contribution in [1.82, 2.24) is 0 Å². The largest absolute Gasteiger partial charge is 0.407 e. The maximum Gasteiger partial charge on any atom is 0.407 e. The molecular weight excluding hydrogens is 245 g/mol. The molecule has 1 aromatic rings. The molecule has 6 heteroatoms. The SMILES string of the molecule is NC(c1ccc(N2CCOCC2)cc1)C(F)(F)F. The predicted molar refractivity (Wildman–Crippen MR) is 62.5 cm³/mol. The summed E-state index contributed by atoms with van der Waals surface area (Å²) in [5.41, 5.74) is 6.12. The molecule has 0 radical (unpaired) electrons. The van der Waals surface area contributed by atoms with Gasteiger partial charge in [0.05, 0.1) is 13.2 Å². The van der Waals surface area contributed by atoms with Crippen LogP contribution in [0.5, 0.6) is 0 Å². The van der Waals surface area contributed by atoms with Gasteiger partial charge < -0.3 is 15.4 Å². The predicted octanol–water partition coefficient (Wildman–Crippen LogP) is 2.09. The summed E-state index contributed by atoms with van der Waals surface area (Å²) in [5.74, 6) is 0. The summed E-state index contributed by atoms with van der Waals surface area (Å²) in [6, 6.07) is 4.29. The van der Waals surface area contributed by atoms with Gasteiger partial charge in [0, 0.05) is 18.8 Å². The molecule has 2 rings (SSSR count). The summed E-state index contributed by atoms with van der Waals surface area (Å²) < 4.78 is 42.5. The van der Waals surface area contributed by atoms with Gasteiger partial charge in [0.1, 0.15) is 6.04 Å². The van der Waals surface area contributed by atoms with Gasteiger partial charge in [0.25, 0.3) is 0 Å². The highest BCUT2D eigenvalue weighted by Crippen LogP contribution is 2.31. The Hall–Kier alpha value is -1.27. The Morgan fingerprint density at radius 2 is 1.67 bits per heavy atom. The third kappa shape index (κ3) is 2.94. The highest BCUT2D eigenvalue weighted by atomic mass is 19.4. The Morgan fingerprint density at radius 1 is 1.11 bits per heavy atom. The van der Waals surface area contributed by atoms with Crippen LogP contribution in [0.2, 0.25) is 0 Å². The quantitative estimate of drug-likeness (QED) is 0.884. The molecule has 0 spiro atoms. The lowest BCUT2D eigenvalue weighted by Crippen LogP contribution is -2.36. The molecule has 1 atom stereocenters. The van der Waals surface area contributed by atoms with E-state index in [9.17, 15) is 13.2 Å². The van der Waals surface area contributed by atoms with Crippen molar-refractivity contribution < 1.29 is 17.9 Å². The van der Waals surface area contributed by atoms with Crippen LogP contribution in [0.4, 0.5) is 18.9 Å². The van der Waals surface area contributed by atoms with Crippen LogP contribution in [0.3, 0.4) is 0 Å². The fourth-order valence-electron chi connectivity index (χ4n) is 1.90. The number of hydrogen-bond acceptors (Lipinski definition) is 3. The number of rotatable bonds is 2.